The minimum Gasteiger partial charge on any atom is -0.396 e. The van der Waals surface area contributed by atoms with Gasteiger partial charge in [0.1, 0.15) is 0 Å². The van der Waals surface area contributed by atoms with Crippen LogP contribution in [0.15, 0.2) is 18.2 Å². The van der Waals surface area contributed by atoms with Crippen LogP contribution in [-0.4, -0.2) is 23.2 Å². The van der Waals surface area contributed by atoms with Gasteiger partial charge in [0.25, 0.3) is 0 Å². The molecule has 1 aromatic rings. The Balaban J connectivity index is 1.91. The van der Waals surface area contributed by atoms with Crippen molar-refractivity contribution in [1.29, 1.82) is 0 Å². The van der Waals surface area contributed by atoms with Crippen molar-refractivity contribution in [2.75, 3.05) is 13.2 Å². The third-order valence-corrected chi connectivity index (χ3v) is 4.03. The van der Waals surface area contributed by atoms with Crippen molar-refractivity contribution in [3.05, 3.63) is 39.7 Å². The van der Waals surface area contributed by atoms with Crippen LogP contribution in [-0.2, 0) is 6.54 Å². The maximum absolute atomic E-state index is 13.8. The van der Waals surface area contributed by atoms with E-state index in [2.05, 4.69) is 5.32 Å². The predicted octanol–water partition coefficient (Wildman–Crippen LogP) is 2.23. The second kappa shape index (κ2) is 6.76. The molecule has 1 aromatic carbocycles. The molecule has 1 aliphatic rings. The Morgan fingerprint density at radius 3 is 2.85 bits per heavy atom. The summed E-state index contributed by atoms with van der Waals surface area (Å²) in [6.45, 7) is 1.16. The van der Waals surface area contributed by atoms with E-state index < -0.39 is 16.4 Å². The zero-order valence-corrected chi connectivity index (χ0v) is 11.2. The molecule has 6 heteroatoms. The van der Waals surface area contributed by atoms with E-state index in [9.17, 15) is 19.6 Å². The van der Waals surface area contributed by atoms with Gasteiger partial charge in [-0.05, 0) is 31.2 Å². The van der Waals surface area contributed by atoms with E-state index in [1.165, 1.54) is 6.07 Å². The van der Waals surface area contributed by atoms with Gasteiger partial charge in [0.2, 0.25) is 5.82 Å². The molecule has 1 saturated carbocycles. The summed E-state index contributed by atoms with van der Waals surface area (Å²) in [5.41, 5.74) is -0.184. The van der Waals surface area contributed by atoms with Crippen molar-refractivity contribution < 1.29 is 14.4 Å². The lowest BCUT2D eigenvalue weighted by Crippen LogP contribution is -2.26. The highest BCUT2D eigenvalue weighted by molar-refractivity contribution is 5.36. The highest BCUT2D eigenvalue weighted by Gasteiger charge is 2.26. The molecule has 2 rings (SSSR count). The van der Waals surface area contributed by atoms with Crippen LogP contribution in [0.25, 0.3) is 0 Å². The van der Waals surface area contributed by atoms with E-state index in [1.54, 1.807) is 6.07 Å². The van der Waals surface area contributed by atoms with E-state index in [-0.39, 0.29) is 13.2 Å². The van der Waals surface area contributed by atoms with Gasteiger partial charge in [-0.15, -0.1) is 0 Å². The van der Waals surface area contributed by atoms with Gasteiger partial charge in [-0.1, -0.05) is 18.6 Å². The van der Waals surface area contributed by atoms with Crippen LogP contribution >= 0.6 is 0 Å². The van der Waals surface area contributed by atoms with Gasteiger partial charge < -0.3 is 10.4 Å². The normalized spacial score (nSPS) is 22.1. The average molecular weight is 282 g/mol. The molecule has 110 valence electrons. The smallest absolute Gasteiger partial charge is 0.305 e. The van der Waals surface area contributed by atoms with Crippen LogP contribution < -0.4 is 5.32 Å². The molecule has 0 heterocycles. The summed E-state index contributed by atoms with van der Waals surface area (Å²) in [6.07, 6.45) is 3.21. The lowest BCUT2D eigenvalue weighted by Gasteiger charge is -2.17. The summed E-state index contributed by atoms with van der Waals surface area (Å²) in [5.74, 6) is -0.0469. The van der Waals surface area contributed by atoms with Gasteiger partial charge in [-0.2, -0.15) is 4.39 Å². The summed E-state index contributed by atoms with van der Waals surface area (Å²) in [6, 6.07) is 4.20. The number of hydrogen-bond acceptors (Lipinski definition) is 4. The van der Waals surface area contributed by atoms with Crippen LogP contribution in [0.4, 0.5) is 10.1 Å². The topological polar surface area (TPSA) is 75.4 Å². The number of benzene rings is 1. The molecule has 5 nitrogen and oxygen atoms in total. The summed E-state index contributed by atoms with van der Waals surface area (Å²) in [7, 11) is 0. The number of nitrogens with one attached hydrogen (secondary N) is 1. The van der Waals surface area contributed by atoms with Crippen LogP contribution in [0.2, 0.25) is 0 Å². The fourth-order valence-electron chi connectivity index (χ4n) is 2.86. The molecule has 1 fully saturated rings. The molecule has 2 atom stereocenters. The first kappa shape index (κ1) is 14.9. The molecule has 0 spiro atoms. The van der Waals surface area contributed by atoms with Crippen molar-refractivity contribution in [1.82, 2.24) is 5.32 Å². The van der Waals surface area contributed by atoms with E-state index in [1.807, 2.05) is 0 Å². The van der Waals surface area contributed by atoms with E-state index >= 15 is 0 Å². The standard InChI is InChI=1S/C14H19FN2O3/c15-14-11(4-2-6-13(14)17(19)20)8-16-7-10-3-1-5-12(10)9-18/h2,4,6,10,12,16,18H,1,3,5,7-9H2. The summed E-state index contributed by atoms with van der Waals surface area (Å²) in [4.78, 5) is 9.95. The number of nitro benzene ring substituents is 1. The van der Waals surface area contributed by atoms with Crippen molar-refractivity contribution in [2.24, 2.45) is 11.8 Å². The third-order valence-electron chi connectivity index (χ3n) is 4.03. The van der Waals surface area contributed by atoms with Crippen LogP contribution in [0.3, 0.4) is 0 Å². The van der Waals surface area contributed by atoms with Crippen LogP contribution in [0, 0.1) is 27.8 Å². The first-order valence-electron chi connectivity index (χ1n) is 6.86. The molecule has 0 aromatic heterocycles. The fourth-order valence-corrected chi connectivity index (χ4v) is 2.86. The molecular weight excluding hydrogens is 263 g/mol. The van der Waals surface area contributed by atoms with Gasteiger partial charge >= 0.3 is 5.69 Å². The molecule has 0 aliphatic heterocycles. The molecule has 0 saturated heterocycles. The lowest BCUT2D eigenvalue weighted by atomic mass is 9.97. The van der Waals surface area contributed by atoms with Crippen molar-refractivity contribution in [3.63, 3.8) is 0 Å². The summed E-state index contributed by atoms with van der Waals surface area (Å²) >= 11 is 0. The molecule has 2 N–H and O–H groups in total. The fraction of sp³-hybridized carbons (Fsp3) is 0.571. The second-order valence-electron chi connectivity index (χ2n) is 5.27. The summed E-state index contributed by atoms with van der Waals surface area (Å²) < 4.78 is 13.8. The number of nitro groups is 1. The highest BCUT2D eigenvalue weighted by atomic mass is 19.1. The predicted molar refractivity (Wildman–Crippen MR) is 72.7 cm³/mol. The van der Waals surface area contributed by atoms with Crippen molar-refractivity contribution in [2.45, 2.75) is 25.8 Å². The first-order chi connectivity index (χ1) is 9.63. The molecule has 1 aliphatic carbocycles. The summed E-state index contributed by atoms with van der Waals surface area (Å²) in [5, 5.41) is 23.0. The van der Waals surface area contributed by atoms with E-state index in [0.29, 0.717) is 23.9 Å². The number of aliphatic hydroxyl groups is 1. The Kier molecular flexibility index (Phi) is 5.03. The molecule has 0 radical (unpaired) electrons. The van der Waals surface area contributed by atoms with Gasteiger partial charge in [-0.3, -0.25) is 10.1 Å². The molecule has 0 amide bonds. The molecule has 0 bridgehead atoms. The largest absolute Gasteiger partial charge is 0.396 e. The minimum absolute atomic E-state index is 0.192. The van der Waals surface area contributed by atoms with Crippen molar-refractivity contribution >= 4 is 5.69 Å². The Bertz CT molecular complexity index is 481. The lowest BCUT2D eigenvalue weighted by molar-refractivity contribution is -0.387. The van der Waals surface area contributed by atoms with Crippen LogP contribution in [0.5, 0.6) is 0 Å². The first-order valence-corrected chi connectivity index (χ1v) is 6.86. The van der Waals surface area contributed by atoms with Gasteiger partial charge in [-0.25, -0.2) is 0 Å². The zero-order valence-electron chi connectivity index (χ0n) is 11.2. The second-order valence-corrected chi connectivity index (χ2v) is 5.27. The average Bonchev–Trinajstić information content (AvgIpc) is 2.88. The monoisotopic (exact) mass is 282 g/mol. The Morgan fingerprint density at radius 1 is 1.40 bits per heavy atom. The van der Waals surface area contributed by atoms with Crippen molar-refractivity contribution in [3.8, 4) is 0 Å². The quantitative estimate of drug-likeness (QED) is 0.619. The maximum atomic E-state index is 13.8. The maximum Gasteiger partial charge on any atom is 0.305 e. The number of hydrogen-bond donors (Lipinski definition) is 2. The molecular formula is C14H19FN2O3. The van der Waals surface area contributed by atoms with Gasteiger partial charge in [0, 0.05) is 24.8 Å². The Hall–Kier alpha value is -1.53. The Morgan fingerprint density at radius 2 is 2.15 bits per heavy atom. The Labute approximate surface area is 117 Å². The number of rotatable bonds is 6. The zero-order chi connectivity index (χ0) is 14.5. The minimum atomic E-state index is -0.768. The number of aliphatic hydroxyl groups excluding tert-OH is 1. The molecule has 20 heavy (non-hydrogen) atoms. The highest BCUT2D eigenvalue weighted by Crippen LogP contribution is 2.30. The SMILES string of the molecule is O=[N+]([O-])c1cccc(CNCC2CCCC2CO)c1F. The van der Waals surface area contributed by atoms with E-state index in [4.69, 9.17) is 0 Å². The van der Waals surface area contributed by atoms with E-state index in [0.717, 1.165) is 25.3 Å². The van der Waals surface area contributed by atoms with Gasteiger partial charge in [0.05, 0.1) is 4.92 Å². The molecule has 2 unspecified atom stereocenters. The van der Waals surface area contributed by atoms with Gasteiger partial charge in [0.15, 0.2) is 0 Å². The van der Waals surface area contributed by atoms with Crippen LogP contribution in [0.1, 0.15) is 24.8 Å². The number of nitrogens with zero attached hydrogens (tertiary/aromatic N) is 1. The number of halogens is 1. The third kappa shape index (κ3) is 3.32.